The normalized spacial score (nSPS) is 24.9. The summed E-state index contributed by atoms with van der Waals surface area (Å²) >= 11 is 0. The molecule has 1 aliphatic heterocycles. The maximum atomic E-state index is 5.36. The van der Waals surface area contributed by atoms with E-state index in [2.05, 4.69) is 24.1 Å². The Balaban J connectivity index is 2.49. The molecule has 96 valence electrons. The highest BCUT2D eigenvalue weighted by Gasteiger charge is 2.27. The summed E-state index contributed by atoms with van der Waals surface area (Å²) in [5.41, 5.74) is 0. The molecule has 1 aliphatic rings. The Labute approximate surface area is 101 Å². The molecule has 3 nitrogen and oxygen atoms in total. The summed E-state index contributed by atoms with van der Waals surface area (Å²) in [7, 11) is 3.86. The lowest BCUT2D eigenvalue weighted by atomic mass is 9.94. The molecule has 0 aliphatic carbocycles. The minimum atomic E-state index is 0.588. The quantitative estimate of drug-likeness (QED) is 0.747. The highest BCUT2D eigenvalue weighted by atomic mass is 16.5. The van der Waals surface area contributed by atoms with Crippen molar-refractivity contribution in [2.45, 2.75) is 32.7 Å². The van der Waals surface area contributed by atoms with Gasteiger partial charge in [-0.05, 0) is 44.8 Å². The number of nitrogens with zero attached hydrogens (tertiary/aromatic N) is 1. The third-order valence-corrected chi connectivity index (χ3v) is 3.62. The molecule has 2 unspecified atom stereocenters. The molecular weight excluding hydrogens is 200 g/mol. The standard InChI is InChI=1S/C13H28N2O/c1-11(2)13(10-16-4)15-7-5-6-12(9-15)8-14-3/h11-14H,5-10H2,1-4H3. The van der Waals surface area contributed by atoms with Gasteiger partial charge < -0.3 is 10.1 Å². The summed E-state index contributed by atoms with van der Waals surface area (Å²) in [6.07, 6.45) is 2.70. The first-order chi connectivity index (χ1) is 7.69. The Bertz CT molecular complexity index is 183. The van der Waals surface area contributed by atoms with Gasteiger partial charge in [-0.1, -0.05) is 13.8 Å². The zero-order chi connectivity index (χ0) is 12.0. The van der Waals surface area contributed by atoms with Crippen LogP contribution in [-0.2, 0) is 4.74 Å². The summed E-state index contributed by atoms with van der Waals surface area (Å²) in [5, 5.41) is 3.30. The number of piperidine rings is 1. The number of hydrogen-bond acceptors (Lipinski definition) is 3. The molecule has 1 saturated heterocycles. The Hall–Kier alpha value is -0.120. The van der Waals surface area contributed by atoms with Gasteiger partial charge in [-0.2, -0.15) is 0 Å². The fourth-order valence-electron chi connectivity index (χ4n) is 2.74. The predicted octanol–water partition coefficient (Wildman–Crippen LogP) is 1.59. The molecule has 0 saturated carbocycles. The van der Waals surface area contributed by atoms with Gasteiger partial charge in [0, 0.05) is 19.7 Å². The van der Waals surface area contributed by atoms with Gasteiger partial charge in [0.15, 0.2) is 0 Å². The van der Waals surface area contributed by atoms with Crippen molar-refractivity contribution in [3.8, 4) is 0 Å². The third-order valence-electron chi connectivity index (χ3n) is 3.62. The fourth-order valence-corrected chi connectivity index (χ4v) is 2.74. The minimum absolute atomic E-state index is 0.588. The molecule has 2 atom stereocenters. The molecule has 0 radical (unpaired) electrons. The highest BCUT2D eigenvalue weighted by molar-refractivity contribution is 4.81. The van der Waals surface area contributed by atoms with Gasteiger partial charge in [-0.25, -0.2) is 0 Å². The number of rotatable bonds is 6. The molecule has 1 rings (SSSR count). The maximum Gasteiger partial charge on any atom is 0.0620 e. The second-order valence-corrected chi connectivity index (χ2v) is 5.33. The van der Waals surface area contributed by atoms with Crippen LogP contribution in [0.15, 0.2) is 0 Å². The molecular formula is C13H28N2O. The van der Waals surface area contributed by atoms with Crippen molar-refractivity contribution in [2.75, 3.05) is 40.4 Å². The van der Waals surface area contributed by atoms with Crippen molar-refractivity contribution in [3.63, 3.8) is 0 Å². The van der Waals surface area contributed by atoms with Crippen molar-refractivity contribution < 1.29 is 4.74 Å². The van der Waals surface area contributed by atoms with E-state index in [9.17, 15) is 0 Å². The fraction of sp³-hybridized carbons (Fsp3) is 1.00. The van der Waals surface area contributed by atoms with E-state index in [1.807, 2.05) is 14.2 Å². The van der Waals surface area contributed by atoms with Crippen LogP contribution in [0.2, 0.25) is 0 Å². The van der Waals surface area contributed by atoms with E-state index < -0.39 is 0 Å². The van der Waals surface area contributed by atoms with Crippen molar-refractivity contribution in [1.29, 1.82) is 0 Å². The van der Waals surface area contributed by atoms with Gasteiger partial charge in [0.25, 0.3) is 0 Å². The van der Waals surface area contributed by atoms with Gasteiger partial charge >= 0.3 is 0 Å². The van der Waals surface area contributed by atoms with Crippen LogP contribution in [0.3, 0.4) is 0 Å². The third kappa shape index (κ3) is 4.04. The number of methoxy groups -OCH3 is 1. The van der Waals surface area contributed by atoms with E-state index in [-0.39, 0.29) is 0 Å². The van der Waals surface area contributed by atoms with Crippen molar-refractivity contribution in [1.82, 2.24) is 10.2 Å². The van der Waals surface area contributed by atoms with Crippen molar-refractivity contribution >= 4 is 0 Å². The number of nitrogens with one attached hydrogen (secondary N) is 1. The largest absolute Gasteiger partial charge is 0.383 e. The minimum Gasteiger partial charge on any atom is -0.383 e. The highest BCUT2D eigenvalue weighted by Crippen LogP contribution is 2.21. The van der Waals surface area contributed by atoms with E-state index in [0.717, 1.165) is 19.1 Å². The molecule has 0 aromatic heterocycles. The van der Waals surface area contributed by atoms with Crippen LogP contribution < -0.4 is 5.32 Å². The molecule has 0 bridgehead atoms. The number of hydrogen-bond donors (Lipinski definition) is 1. The van der Waals surface area contributed by atoms with Gasteiger partial charge in [0.05, 0.1) is 6.61 Å². The lowest BCUT2D eigenvalue weighted by molar-refractivity contribution is 0.0370. The molecule has 1 heterocycles. The topological polar surface area (TPSA) is 24.5 Å². The number of ether oxygens (including phenoxy) is 1. The lowest BCUT2D eigenvalue weighted by Crippen LogP contribution is -2.48. The lowest BCUT2D eigenvalue weighted by Gasteiger charge is -2.39. The zero-order valence-corrected chi connectivity index (χ0v) is 11.3. The first-order valence-electron chi connectivity index (χ1n) is 6.56. The second kappa shape index (κ2) is 7.25. The summed E-state index contributed by atoms with van der Waals surface area (Å²) in [6, 6.07) is 0.588. The summed E-state index contributed by atoms with van der Waals surface area (Å²) in [5.74, 6) is 1.49. The van der Waals surface area contributed by atoms with Gasteiger partial charge in [0.1, 0.15) is 0 Å². The molecule has 0 spiro atoms. The zero-order valence-electron chi connectivity index (χ0n) is 11.3. The van der Waals surface area contributed by atoms with Gasteiger partial charge in [0.2, 0.25) is 0 Å². The Morgan fingerprint density at radius 2 is 2.19 bits per heavy atom. The molecule has 0 amide bonds. The van der Waals surface area contributed by atoms with Crippen LogP contribution in [0.1, 0.15) is 26.7 Å². The van der Waals surface area contributed by atoms with Crippen LogP contribution in [0.25, 0.3) is 0 Å². The molecule has 16 heavy (non-hydrogen) atoms. The first-order valence-corrected chi connectivity index (χ1v) is 6.56. The second-order valence-electron chi connectivity index (χ2n) is 5.33. The molecule has 0 aromatic rings. The van der Waals surface area contributed by atoms with E-state index in [1.54, 1.807) is 0 Å². The molecule has 3 heteroatoms. The first kappa shape index (κ1) is 13.9. The van der Waals surface area contributed by atoms with Crippen LogP contribution >= 0.6 is 0 Å². The Kier molecular flexibility index (Phi) is 6.32. The van der Waals surface area contributed by atoms with Crippen molar-refractivity contribution in [3.05, 3.63) is 0 Å². The van der Waals surface area contributed by atoms with Crippen LogP contribution in [0.4, 0.5) is 0 Å². The summed E-state index contributed by atoms with van der Waals surface area (Å²) < 4.78 is 5.36. The van der Waals surface area contributed by atoms with Crippen LogP contribution in [-0.4, -0.2) is 51.3 Å². The number of likely N-dealkylation sites (tertiary alicyclic amines) is 1. The van der Waals surface area contributed by atoms with Gasteiger partial charge in [-0.15, -0.1) is 0 Å². The Morgan fingerprint density at radius 3 is 2.75 bits per heavy atom. The molecule has 0 aromatic carbocycles. The Morgan fingerprint density at radius 1 is 1.44 bits per heavy atom. The maximum absolute atomic E-state index is 5.36. The van der Waals surface area contributed by atoms with Crippen LogP contribution in [0, 0.1) is 11.8 Å². The predicted molar refractivity (Wildman–Crippen MR) is 68.7 cm³/mol. The monoisotopic (exact) mass is 228 g/mol. The molecule has 1 N–H and O–H groups in total. The summed E-state index contributed by atoms with van der Waals surface area (Å²) in [6.45, 7) is 9.08. The van der Waals surface area contributed by atoms with E-state index in [1.165, 1.54) is 25.9 Å². The summed E-state index contributed by atoms with van der Waals surface area (Å²) in [4.78, 5) is 2.62. The van der Waals surface area contributed by atoms with Crippen molar-refractivity contribution in [2.24, 2.45) is 11.8 Å². The smallest absolute Gasteiger partial charge is 0.0620 e. The average molecular weight is 228 g/mol. The van der Waals surface area contributed by atoms with E-state index in [0.29, 0.717) is 12.0 Å². The van der Waals surface area contributed by atoms with Crippen LogP contribution in [0.5, 0.6) is 0 Å². The van der Waals surface area contributed by atoms with E-state index in [4.69, 9.17) is 4.74 Å². The molecule has 1 fully saturated rings. The van der Waals surface area contributed by atoms with Gasteiger partial charge in [-0.3, -0.25) is 4.90 Å². The SMILES string of the molecule is CNCC1CCCN(C(COC)C(C)C)C1. The average Bonchev–Trinajstić information content (AvgIpc) is 2.26. The van der Waals surface area contributed by atoms with E-state index >= 15 is 0 Å².